The predicted molar refractivity (Wildman–Crippen MR) is 99.1 cm³/mol. The van der Waals surface area contributed by atoms with E-state index in [1.165, 1.54) is 0 Å². The van der Waals surface area contributed by atoms with Crippen LogP contribution >= 0.6 is 0 Å². The van der Waals surface area contributed by atoms with Crippen LogP contribution in [0, 0.1) is 5.92 Å². The van der Waals surface area contributed by atoms with Crippen LogP contribution in [0.3, 0.4) is 0 Å². The fourth-order valence-corrected chi connectivity index (χ4v) is 4.29. The lowest BCUT2D eigenvalue weighted by Gasteiger charge is -2.48. The normalized spacial score (nSPS) is 25.8. The van der Waals surface area contributed by atoms with Crippen LogP contribution in [0.25, 0.3) is 0 Å². The van der Waals surface area contributed by atoms with Crippen molar-refractivity contribution in [2.75, 3.05) is 0 Å². The smallest absolute Gasteiger partial charge is 0.410 e. The van der Waals surface area contributed by atoms with Crippen LogP contribution in [0.4, 0.5) is 4.79 Å². The summed E-state index contributed by atoms with van der Waals surface area (Å²) < 4.78 is 7.45. The number of carbonyl (C=O) groups excluding carboxylic acids is 2. The van der Waals surface area contributed by atoms with Crippen molar-refractivity contribution in [2.24, 2.45) is 5.92 Å². The average molecular weight is 361 g/mol. The first-order valence-corrected chi connectivity index (χ1v) is 9.86. The molecule has 26 heavy (non-hydrogen) atoms. The molecule has 144 valence electrons. The van der Waals surface area contributed by atoms with Crippen molar-refractivity contribution in [3.8, 4) is 0 Å². The number of nitrogens with zero attached hydrogens (tertiary/aromatic N) is 3. The summed E-state index contributed by atoms with van der Waals surface area (Å²) in [4.78, 5) is 27.5. The number of amides is 1. The van der Waals surface area contributed by atoms with E-state index >= 15 is 0 Å². The van der Waals surface area contributed by atoms with Gasteiger partial charge in [-0.1, -0.05) is 6.92 Å². The zero-order valence-corrected chi connectivity index (χ0v) is 16.4. The van der Waals surface area contributed by atoms with Crippen molar-refractivity contribution in [3.05, 3.63) is 18.0 Å². The van der Waals surface area contributed by atoms with Gasteiger partial charge in [0, 0.05) is 30.7 Å². The van der Waals surface area contributed by atoms with E-state index in [2.05, 4.69) is 12.0 Å². The molecule has 0 saturated carbocycles. The van der Waals surface area contributed by atoms with Gasteiger partial charge >= 0.3 is 6.09 Å². The summed E-state index contributed by atoms with van der Waals surface area (Å²) >= 11 is 0. The summed E-state index contributed by atoms with van der Waals surface area (Å²) in [5.41, 5.74) is 0.207. The van der Waals surface area contributed by atoms with Crippen LogP contribution in [0.15, 0.2) is 12.4 Å². The second-order valence-electron chi connectivity index (χ2n) is 8.65. The van der Waals surface area contributed by atoms with Gasteiger partial charge in [0.05, 0.1) is 11.8 Å². The fourth-order valence-electron chi connectivity index (χ4n) is 4.29. The maximum absolute atomic E-state index is 13.0. The summed E-state index contributed by atoms with van der Waals surface area (Å²) in [5.74, 6) is 0.149. The molecule has 2 saturated heterocycles. The van der Waals surface area contributed by atoms with Crippen LogP contribution in [0.1, 0.15) is 76.6 Å². The predicted octanol–water partition coefficient (Wildman–Crippen LogP) is 4.04. The largest absolute Gasteiger partial charge is 0.444 e. The van der Waals surface area contributed by atoms with Crippen molar-refractivity contribution in [3.63, 3.8) is 0 Å². The Hall–Kier alpha value is -1.85. The molecule has 2 aliphatic heterocycles. The number of aryl methyl sites for hydroxylation is 1. The number of piperidine rings is 2. The molecular weight excluding hydrogens is 330 g/mol. The fraction of sp³-hybridized carbons (Fsp3) is 0.750. The zero-order valence-electron chi connectivity index (χ0n) is 16.4. The number of hydrogen-bond acceptors (Lipinski definition) is 4. The third-order valence-corrected chi connectivity index (χ3v) is 5.32. The summed E-state index contributed by atoms with van der Waals surface area (Å²) in [6, 6.07) is 0.217. The number of ketones is 1. The minimum absolute atomic E-state index is 0.0248. The molecule has 2 fully saturated rings. The summed E-state index contributed by atoms with van der Waals surface area (Å²) in [5, 5.41) is 4.29. The highest BCUT2D eigenvalue weighted by atomic mass is 16.6. The van der Waals surface area contributed by atoms with Gasteiger partial charge in [-0.3, -0.25) is 9.48 Å². The Balaban J connectivity index is 1.70. The Morgan fingerprint density at radius 2 is 1.88 bits per heavy atom. The van der Waals surface area contributed by atoms with E-state index in [-0.39, 0.29) is 29.9 Å². The Labute approximate surface area is 155 Å². The number of Topliss-reactive ketones (excluding diaryl/α,β-unsaturated/α-hetero) is 1. The van der Waals surface area contributed by atoms with Gasteiger partial charge in [-0.05, 0) is 59.3 Å². The molecule has 1 aromatic heterocycles. The molecule has 3 rings (SSSR count). The average Bonchev–Trinajstić information content (AvgIpc) is 3.00. The number of rotatable bonds is 4. The standard InChI is InChI=1S/C20H31N3O3/c1-5-9-22-13-15(12-21-22)18(24)14-10-16-7-6-8-17(11-14)23(16)19(25)26-20(2,3)4/h12-14,16-17H,5-11H2,1-4H3. The maximum atomic E-state index is 13.0. The number of carbonyl (C=O) groups is 2. The second kappa shape index (κ2) is 7.41. The molecular formula is C20H31N3O3. The summed E-state index contributed by atoms with van der Waals surface area (Å²) in [6.45, 7) is 8.60. The highest BCUT2D eigenvalue weighted by Crippen LogP contribution is 2.39. The first-order chi connectivity index (χ1) is 12.3. The topological polar surface area (TPSA) is 64.4 Å². The van der Waals surface area contributed by atoms with Gasteiger partial charge in [0.15, 0.2) is 5.78 Å². The van der Waals surface area contributed by atoms with Crippen molar-refractivity contribution in [1.82, 2.24) is 14.7 Å². The highest BCUT2D eigenvalue weighted by Gasteiger charge is 2.44. The van der Waals surface area contributed by atoms with Gasteiger partial charge in [-0.2, -0.15) is 5.10 Å². The van der Waals surface area contributed by atoms with Gasteiger partial charge in [-0.15, -0.1) is 0 Å². The van der Waals surface area contributed by atoms with Gasteiger partial charge in [-0.25, -0.2) is 4.79 Å². The number of ether oxygens (including phenoxy) is 1. The lowest BCUT2D eigenvalue weighted by molar-refractivity contribution is -0.0260. The molecule has 0 radical (unpaired) electrons. The van der Waals surface area contributed by atoms with Crippen LogP contribution in [0.5, 0.6) is 0 Å². The SMILES string of the molecule is CCCn1cc(C(=O)C2CC3CCCC(C2)N3C(=O)OC(C)(C)C)cn1. The molecule has 2 atom stereocenters. The molecule has 6 heteroatoms. The molecule has 2 bridgehead atoms. The molecule has 1 amide bonds. The van der Waals surface area contributed by atoms with Crippen LogP contribution < -0.4 is 0 Å². The van der Waals surface area contributed by atoms with Gasteiger partial charge < -0.3 is 9.64 Å². The third-order valence-electron chi connectivity index (χ3n) is 5.32. The molecule has 1 aromatic rings. The van der Waals surface area contributed by atoms with E-state index < -0.39 is 5.60 Å². The van der Waals surface area contributed by atoms with E-state index in [0.717, 1.165) is 45.1 Å². The molecule has 2 unspecified atom stereocenters. The molecule has 0 spiro atoms. The second-order valence-corrected chi connectivity index (χ2v) is 8.65. The molecule has 0 N–H and O–H groups in total. The lowest BCUT2D eigenvalue weighted by atomic mass is 9.76. The maximum Gasteiger partial charge on any atom is 0.410 e. The number of hydrogen-bond donors (Lipinski definition) is 0. The van der Waals surface area contributed by atoms with Gasteiger partial charge in [0.25, 0.3) is 0 Å². The summed E-state index contributed by atoms with van der Waals surface area (Å²) in [7, 11) is 0. The number of fused-ring (bicyclic) bond motifs is 2. The van der Waals surface area contributed by atoms with Crippen LogP contribution in [-0.2, 0) is 11.3 Å². The first kappa shape index (κ1) is 18.9. The van der Waals surface area contributed by atoms with Crippen LogP contribution in [0.2, 0.25) is 0 Å². The Bertz CT molecular complexity index is 648. The molecule has 0 aromatic carbocycles. The first-order valence-electron chi connectivity index (χ1n) is 9.86. The van der Waals surface area contributed by atoms with E-state index in [9.17, 15) is 9.59 Å². The summed E-state index contributed by atoms with van der Waals surface area (Å²) in [6.07, 6.45) is 8.80. The van der Waals surface area contributed by atoms with Crippen molar-refractivity contribution in [1.29, 1.82) is 0 Å². The highest BCUT2D eigenvalue weighted by molar-refractivity contribution is 5.97. The Morgan fingerprint density at radius 1 is 1.23 bits per heavy atom. The van der Waals surface area contributed by atoms with E-state index in [1.807, 2.05) is 36.5 Å². The quantitative estimate of drug-likeness (QED) is 0.759. The van der Waals surface area contributed by atoms with Crippen molar-refractivity contribution in [2.45, 2.75) is 90.4 Å². The monoisotopic (exact) mass is 361 g/mol. The molecule has 3 heterocycles. The van der Waals surface area contributed by atoms with Gasteiger partial charge in [0.1, 0.15) is 5.60 Å². The van der Waals surface area contributed by atoms with Crippen molar-refractivity contribution < 1.29 is 14.3 Å². The number of aromatic nitrogens is 2. The van der Waals surface area contributed by atoms with E-state index in [1.54, 1.807) is 6.20 Å². The molecule has 6 nitrogen and oxygen atoms in total. The van der Waals surface area contributed by atoms with Gasteiger partial charge in [0.2, 0.25) is 0 Å². The Morgan fingerprint density at radius 3 is 2.46 bits per heavy atom. The van der Waals surface area contributed by atoms with E-state index in [4.69, 9.17) is 4.74 Å². The van der Waals surface area contributed by atoms with Crippen LogP contribution in [-0.4, -0.2) is 44.2 Å². The zero-order chi connectivity index (χ0) is 18.9. The minimum Gasteiger partial charge on any atom is -0.444 e. The molecule has 0 aliphatic carbocycles. The Kier molecular flexibility index (Phi) is 5.39. The third kappa shape index (κ3) is 4.10. The molecule has 2 aliphatic rings. The van der Waals surface area contributed by atoms with E-state index in [0.29, 0.717) is 5.56 Å². The minimum atomic E-state index is -0.494. The lowest BCUT2D eigenvalue weighted by Crippen LogP contribution is -2.56. The van der Waals surface area contributed by atoms with Crippen molar-refractivity contribution >= 4 is 11.9 Å².